The Morgan fingerprint density at radius 3 is 1.97 bits per heavy atom. The summed E-state index contributed by atoms with van der Waals surface area (Å²) in [7, 11) is 0. The summed E-state index contributed by atoms with van der Waals surface area (Å²) in [6.45, 7) is 20.0. The lowest BCUT2D eigenvalue weighted by atomic mass is 9.79. The van der Waals surface area contributed by atoms with Crippen LogP contribution >= 0.6 is 0 Å². The van der Waals surface area contributed by atoms with Crippen LogP contribution < -0.4 is 0 Å². The van der Waals surface area contributed by atoms with E-state index in [2.05, 4.69) is 176 Å². The molecule has 0 saturated heterocycles. The van der Waals surface area contributed by atoms with Gasteiger partial charge in [0.2, 0.25) is 0 Å². The predicted octanol–water partition coefficient (Wildman–Crippen LogP) is 14.6. The number of benzene rings is 6. The van der Waals surface area contributed by atoms with Gasteiger partial charge in [0.1, 0.15) is 22.7 Å². The molecule has 4 heterocycles. The third kappa shape index (κ3) is 5.89. The number of pyridine rings is 1. The smallest absolute Gasteiger partial charge is 0.149 e. The van der Waals surface area contributed by atoms with E-state index >= 15 is 0 Å². The van der Waals surface area contributed by atoms with E-state index < -0.39 is 0 Å². The number of phenols is 1. The van der Waals surface area contributed by atoms with Crippen LogP contribution in [0, 0.1) is 0 Å². The van der Waals surface area contributed by atoms with Crippen LogP contribution in [0.15, 0.2) is 132 Å². The highest BCUT2D eigenvalue weighted by Gasteiger charge is 2.30. The van der Waals surface area contributed by atoms with Crippen LogP contribution in [0.4, 0.5) is 0 Å². The summed E-state index contributed by atoms with van der Waals surface area (Å²) in [5.41, 5.74) is 14.2. The Morgan fingerprint density at radius 2 is 1.24 bits per heavy atom. The van der Waals surface area contributed by atoms with Gasteiger partial charge in [0.25, 0.3) is 0 Å². The largest absolute Gasteiger partial charge is 0.507 e. The molecule has 0 unspecified atom stereocenters. The van der Waals surface area contributed by atoms with Crippen LogP contribution in [0.1, 0.15) is 79.0 Å². The first-order valence-corrected chi connectivity index (χ1v) is 20.6. The van der Waals surface area contributed by atoms with E-state index in [1.807, 2.05) is 18.3 Å². The number of fused-ring (bicyclic) bond motifs is 2. The van der Waals surface area contributed by atoms with Gasteiger partial charge in [0.15, 0.2) is 0 Å². The van der Waals surface area contributed by atoms with Crippen LogP contribution in [-0.2, 0) is 16.2 Å². The molecule has 10 aromatic rings. The van der Waals surface area contributed by atoms with Gasteiger partial charge in [-0.25, -0.2) is 4.98 Å². The topological polar surface area (TPSA) is 63.6 Å². The Morgan fingerprint density at radius 1 is 0.542 bits per heavy atom. The average Bonchev–Trinajstić information content (AvgIpc) is 3.76. The summed E-state index contributed by atoms with van der Waals surface area (Å²) < 4.78 is 8.83. The molecule has 292 valence electrons. The molecule has 6 aromatic carbocycles. The Hall–Kier alpha value is -6.46. The number of aromatic hydroxyl groups is 1. The van der Waals surface area contributed by atoms with Crippen molar-refractivity contribution in [2.24, 2.45) is 0 Å². The number of phenolic OH excluding ortho intramolecular Hbond substituents is 1. The molecule has 0 spiro atoms. The Labute approximate surface area is 345 Å². The number of aromatic nitrogens is 3. The van der Waals surface area contributed by atoms with Gasteiger partial charge in [0.05, 0.1) is 33.2 Å². The fourth-order valence-corrected chi connectivity index (χ4v) is 8.88. The molecule has 0 atom stereocenters. The van der Waals surface area contributed by atoms with E-state index in [0.29, 0.717) is 11.4 Å². The molecular formula is C54H49N3O2. The van der Waals surface area contributed by atoms with E-state index in [4.69, 9.17) is 14.4 Å². The molecule has 0 aliphatic rings. The Bertz CT molecular complexity index is 3270. The number of hydrogen-bond acceptors (Lipinski definition) is 4. The van der Waals surface area contributed by atoms with Gasteiger partial charge < -0.3 is 9.52 Å². The number of imidazole rings is 1. The molecular weight excluding hydrogens is 723 g/mol. The summed E-state index contributed by atoms with van der Waals surface area (Å²) in [6.07, 6.45) is 1.91. The summed E-state index contributed by atoms with van der Waals surface area (Å²) in [5.74, 6) is 0.953. The first kappa shape index (κ1) is 36.9. The van der Waals surface area contributed by atoms with E-state index in [1.165, 1.54) is 5.56 Å². The van der Waals surface area contributed by atoms with E-state index in [1.54, 1.807) is 0 Å². The zero-order valence-corrected chi connectivity index (χ0v) is 35.3. The van der Waals surface area contributed by atoms with Crippen LogP contribution in [-0.4, -0.2) is 19.5 Å². The van der Waals surface area contributed by atoms with Crippen molar-refractivity contribution in [3.8, 4) is 50.6 Å². The minimum Gasteiger partial charge on any atom is -0.507 e. The fraction of sp³-hybridized carbons (Fsp3) is 0.222. The van der Waals surface area contributed by atoms with Crippen LogP contribution in [0.2, 0.25) is 0 Å². The molecule has 0 amide bonds. The standard InChI is InChI=1S/C54H49N3O2/c1-52(2,3)35-26-33(25-34(27-35)42-28-32(23-24-55-42)31-15-11-10-12-16-31)37-21-22-39-38-17-13-19-44-46(38)47-43(18-14-20-45(47)59-44)57-49(39)48(37)56-51(57)40-29-36(53(4,5)6)30-41(50(40)58)54(7,8)9/h10-30,58H,1-9H3. The summed E-state index contributed by atoms with van der Waals surface area (Å²) >= 11 is 0. The van der Waals surface area contributed by atoms with Crippen molar-refractivity contribution >= 4 is 49.3 Å². The SMILES string of the molecule is CC(C)(C)c1cc(-c2cc(-c3ccccc3)ccn2)cc(-c2ccc3c4cccc5oc6cccc(c6c54)n4c(-c5cc(C(C)(C)C)cc(C(C)(C)C)c5O)nc2c34)c1. The summed E-state index contributed by atoms with van der Waals surface area (Å²) in [4.78, 5) is 10.6. The first-order chi connectivity index (χ1) is 28.1. The summed E-state index contributed by atoms with van der Waals surface area (Å²) in [6, 6.07) is 43.0. The quantitative estimate of drug-likeness (QED) is 0.194. The van der Waals surface area contributed by atoms with Gasteiger partial charge in [-0.05, 0) is 98.0 Å². The van der Waals surface area contributed by atoms with Crippen molar-refractivity contribution in [3.05, 3.63) is 144 Å². The third-order valence-corrected chi connectivity index (χ3v) is 12.1. The molecule has 5 nitrogen and oxygen atoms in total. The molecule has 1 N–H and O–H groups in total. The van der Waals surface area contributed by atoms with Gasteiger partial charge in [-0.15, -0.1) is 0 Å². The molecule has 0 aliphatic heterocycles. The van der Waals surface area contributed by atoms with Crippen LogP contribution in [0.5, 0.6) is 5.75 Å². The zero-order chi connectivity index (χ0) is 41.2. The van der Waals surface area contributed by atoms with Crippen molar-refractivity contribution < 1.29 is 9.52 Å². The molecule has 0 bridgehead atoms. The molecule has 59 heavy (non-hydrogen) atoms. The number of hydrogen-bond donors (Lipinski definition) is 1. The van der Waals surface area contributed by atoms with Gasteiger partial charge >= 0.3 is 0 Å². The van der Waals surface area contributed by atoms with E-state index in [9.17, 15) is 5.11 Å². The maximum atomic E-state index is 12.5. The van der Waals surface area contributed by atoms with Crippen molar-refractivity contribution in [2.45, 2.75) is 78.6 Å². The minimum atomic E-state index is -0.316. The third-order valence-electron chi connectivity index (χ3n) is 12.1. The predicted molar refractivity (Wildman–Crippen MR) is 246 cm³/mol. The molecule has 0 saturated carbocycles. The van der Waals surface area contributed by atoms with Gasteiger partial charge in [0, 0.05) is 33.7 Å². The highest BCUT2D eigenvalue weighted by molar-refractivity contribution is 6.28. The monoisotopic (exact) mass is 771 g/mol. The second-order valence-electron chi connectivity index (χ2n) is 19.3. The minimum absolute atomic E-state index is 0.140. The fourth-order valence-electron chi connectivity index (χ4n) is 8.88. The normalized spacial score (nSPS) is 12.9. The van der Waals surface area contributed by atoms with Crippen molar-refractivity contribution in [1.82, 2.24) is 14.4 Å². The Kier molecular flexibility index (Phi) is 7.98. The lowest BCUT2D eigenvalue weighted by Gasteiger charge is -2.27. The summed E-state index contributed by atoms with van der Waals surface area (Å²) in [5, 5.41) is 16.8. The number of rotatable bonds is 4. The average molecular weight is 772 g/mol. The molecule has 0 fully saturated rings. The highest BCUT2D eigenvalue weighted by atomic mass is 16.3. The highest BCUT2D eigenvalue weighted by Crippen LogP contribution is 2.48. The molecule has 5 heteroatoms. The van der Waals surface area contributed by atoms with E-state index in [0.717, 1.165) is 93.9 Å². The number of nitrogens with zero attached hydrogens (tertiary/aromatic N) is 3. The van der Waals surface area contributed by atoms with E-state index in [-0.39, 0.29) is 22.0 Å². The lowest BCUT2D eigenvalue weighted by molar-refractivity contribution is 0.446. The molecule has 10 rings (SSSR count). The Balaban J connectivity index is 1.35. The van der Waals surface area contributed by atoms with Gasteiger partial charge in [-0.3, -0.25) is 9.38 Å². The van der Waals surface area contributed by atoms with Gasteiger partial charge in [-0.1, -0.05) is 135 Å². The molecule has 4 aromatic heterocycles. The van der Waals surface area contributed by atoms with Crippen LogP contribution in [0.25, 0.3) is 94.2 Å². The second-order valence-corrected chi connectivity index (χ2v) is 19.3. The maximum Gasteiger partial charge on any atom is 0.149 e. The van der Waals surface area contributed by atoms with Crippen LogP contribution in [0.3, 0.4) is 0 Å². The van der Waals surface area contributed by atoms with Crippen molar-refractivity contribution in [2.75, 3.05) is 0 Å². The number of furan rings is 1. The lowest BCUT2D eigenvalue weighted by Crippen LogP contribution is -2.17. The molecule has 0 aliphatic carbocycles. The first-order valence-electron chi connectivity index (χ1n) is 20.6. The van der Waals surface area contributed by atoms with Crippen molar-refractivity contribution in [1.29, 1.82) is 0 Å². The second kappa shape index (κ2) is 12.8. The molecule has 0 radical (unpaired) electrons. The zero-order valence-electron chi connectivity index (χ0n) is 35.3. The van der Waals surface area contributed by atoms with Gasteiger partial charge in [-0.2, -0.15) is 0 Å². The maximum absolute atomic E-state index is 12.5. The van der Waals surface area contributed by atoms with Crippen molar-refractivity contribution in [3.63, 3.8) is 0 Å².